The SMILES string of the molecule is CC(C)c1cccc(C(C)C)c1-c1ccc2c3ccc(Oc4ccc5c(c4)c4nccn4c4nccnc54)cc3c3nccn3c2c1. The molecule has 0 saturated carbocycles. The average Bonchev–Trinajstić information content (AvgIpc) is 3.79. The fourth-order valence-corrected chi connectivity index (χ4v) is 7.19. The molecule has 7 heteroatoms. The third kappa shape index (κ3) is 4.19. The van der Waals surface area contributed by atoms with Crippen LogP contribution in [0.1, 0.15) is 50.7 Å². The van der Waals surface area contributed by atoms with Crippen molar-refractivity contribution in [2.75, 3.05) is 0 Å². The molecule has 0 bridgehead atoms. The molecule has 228 valence electrons. The summed E-state index contributed by atoms with van der Waals surface area (Å²) in [5.74, 6) is 2.30. The Hall–Kier alpha value is -5.82. The fourth-order valence-electron chi connectivity index (χ4n) is 7.19. The molecule has 7 nitrogen and oxygen atoms in total. The Morgan fingerprint density at radius 2 is 1.13 bits per heavy atom. The monoisotopic (exact) mass is 612 g/mol. The van der Waals surface area contributed by atoms with Crippen LogP contribution >= 0.6 is 0 Å². The maximum absolute atomic E-state index is 6.51. The number of fused-ring (bicyclic) bond motifs is 12. The molecule has 47 heavy (non-hydrogen) atoms. The number of ether oxygens (including phenoxy) is 1. The van der Waals surface area contributed by atoms with Crippen LogP contribution in [0.15, 0.2) is 110 Å². The van der Waals surface area contributed by atoms with Crippen LogP contribution < -0.4 is 4.74 Å². The summed E-state index contributed by atoms with van der Waals surface area (Å²) in [6.07, 6.45) is 11.1. The van der Waals surface area contributed by atoms with Gasteiger partial charge in [0, 0.05) is 58.7 Å². The van der Waals surface area contributed by atoms with Crippen LogP contribution in [0, 0.1) is 0 Å². The molecule has 0 atom stereocenters. The molecule has 5 aromatic heterocycles. The first kappa shape index (κ1) is 27.5. The zero-order chi connectivity index (χ0) is 31.8. The van der Waals surface area contributed by atoms with Gasteiger partial charge in [0.2, 0.25) is 0 Å². The number of rotatable bonds is 5. The standard InChI is InChI=1S/C40H32N6O/c1-23(2)28-6-5-7-29(24(3)4)36(28)25-8-11-31-30-12-9-26(21-33(30)38-43-16-18-45(38)35(31)20-25)47-27-10-13-32-34(22-27)39-44-17-19-46(39)40-37(32)41-14-15-42-40/h5-24H,1-4H3. The lowest BCUT2D eigenvalue weighted by molar-refractivity contribution is 0.484. The summed E-state index contributed by atoms with van der Waals surface area (Å²) >= 11 is 0. The van der Waals surface area contributed by atoms with Gasteiger partial charge in [-0.1, -0.05) is 58.0 Å². The van der Waals surface area contributed by atoms with Crippen LogP contribution in [0.5, 0.6) is 11.5 Å². The number of imidazole rings is 2. The van der Waals surface area contributed by atoms with Crippen molar-refractivity contribution >= 4 is 54.9 Å². The number of benzene rings is 4. The number of aromatic nitrogens is 6. The zero-order valence-corrected chi connectivity index (χ0v) is 26.6. The highest BCUT2D eigenvalue weighted by Gasteiger charge is 2.18. The minimum absolute atomic E-state index is 0.420. The quantitative estimate of drug-likeness (QED) is 0.181. The van der Waals surface area contributed by atoms with Crippen LogP contribution in [0.2, 0.25) is 0 Å². The summed E-state index contributed by atoms with van der Waals surface area (Å²) in [7, 11) is 0. The Balaban J connectivity index is 1.18. The molecule has 0 aliphatic heterocycles. The molecular formula is C40H32N6O. The maximum atomic E-state index is 6.51. The predicted molar refractivity (Wildman–Crippen MR) is 190 cm³/mol. The van der Waals surface area contributed by atoms with Crippen molar-refractivity contribution in [3.63, 3.8) is 0 Å². The van der Waals surface area contributed by atoms with Gasteiger partial charge in [0.15, 0.2) is 5.65 Å². The molecule has 9 aromatic rings. The van der Waals surface area contributed by atoms with E-state index in [0.717, 1.165) is 61.0 Å². The van der Waals surface area contributed by atoms with Gasteiger partial charge in [0.1, 0.15) is 28.3 Å². The smallest absolute Gasteiger partial charge is 0.165 e. The molecule has 0 spiro atoms. The van der Waals surface area contributed by atoms with Crippen molar-refractivity contribution < 1.29 is 4.74 Å². The van der Waals surface area contributed by atoms with E-state index in [2.05, 4.69) is 102 Å². The Bertz CT molecular complexity index is 2660. The second-order valence-corrected chi connectivity index (χ2v) is 12.8. The van der Waals surface area contributed by atoms with Gasteiger partial charge < -0.3 is 4.74 Å². The molecule has 5 heterocycles. The summed E-state index contributed by atoms with van der Waals surface area (Å²) < 4.78 is 10.7. The second-order valence-electron chi connectivity index (χ2n) is 12.8. The topological polar surface area (TPSA) is 69.6 Å². The molecular weight excluding hydrogens is 580 g/mol. The first-order valence-electron chi connectivity index (χ1n) is 16.1. The minimum Gasteiger partial charge on any atom is -0.457 e. The summed E-state index contributed by atoms with van der Waals surface area (Å²) in [6.45, 7) is 9.10. The number of nitrogens with zero attached hydrogens (tertiary/aromatic N) is 6. The lowest BCUT2D eigenvalue weighted by atomic mass is 9.84. The average molecular weight is 613 g/mol. The molecule has 0 amide bonds. The molecule has 0 fully saturated rings. The van der Waals surface area contributed by atoms with E-state index >= 15 is 0 Å². The minimum atomic E-state index is 0.420. The highest BCUT2D eigenvalue weighted by molar-refractivity contribution is 6.13. The van der Waals surface area contributed by atoms with Crippen LogP contribution in [0.4, 0.5) is 0 Å². The number of hydrogen-bond donors (Lipinski definition) is 0. The van der Waals surface area contributed by atoms with Gasteiger partial charge in [-0.15, -0.1) is 0 Å². The van der Waals surface area contributed by atoms with Crippen molar-refractivity contribution in [2.45, 2.75) is 39.5 Å². The molecule has 0 N–H and O–H groups in total. The summed E-state index contributed by atoms with van der Waals surface area (Å²) in [5, 5.41) is 5.30. The van der Waals surface area contributed by atoms with Crippen LogP contribution in [-0.4, -0.2) is 28.7 Å². The molecule has 0 aliphatic carbocycles. The van der Waals surface area contributed by atoms with E-state index in [1.807, 2.05) is 41.1 Å². The molecule has 0 unspecified atom stereocenters. The number of hydrogen-bond acceptors (Lipinski definition) is 5. The number of pyridine rings is 2. The van der Waals surface area contributed by atoms with E-state index in [1.165, 1.54) is 27.6 Å². The Labute approximate surface area is 271 Å². The van der Waals surface area contributed by atoms with Gasteiger partial charge in [-0.25, -0.2) is 15.0 Å². The first-order chi connectivity index (χ1) is 23.0. The highest BCUT2D eigenvalue weighted by atomic mass is 16.5. The van der Waals surface area contributed by atoms with Gasteiger partial charge in [0.25, 0.3) is 0 Å². The first-order valence-corrected chi connectivity index (χ1v) is 16.1. The summed E-state index contributed by atoms with van der Waals surface area (Å²) in [5.41, 5.74) is 9.81. The lowest BCUT2D eigenvalue weighted by Gasteiger charge is -2.20. The van der Waals surface area contributed by atoms with Crippen molar-refractivity contribution in [1.82, 2.24) is 28.7 Å². The van der Waals surface area contributed by atoms with E-state index in [1.54, 1.807) is 18.6 Å². The molecule has 4 aromatic carbocycles. The normalized spacial score (nSPS) is 12.2. The van der Waals surface area contributed by atoms with Crippen LogP contribution in [0.25, 0.3) is 66.0 Å². The molecule has 0 aliphatic rings. The van der Waals surface area contributed by atoms with Crippen LogP contribution in [-0.2, 0) is 0 Å². The van der Waals surface area contributed by atoms with Gasteiger partial charge >= 0.3 is 0 Å². The third-order valence-corrected chi connectivity index (χ3v) is 9.35. The molecule has 9 rings (SSSR count). The lowest BCUT2D eigenvalue weighted by Crippen LogP contribution is -2.00. The summed E-state index contributed by atoms with van der Waals surface area (Å²) in [6, 6.07) is 26.0. The van der Waals surface area contributed by atoms with E-state index in [9.17, 15) is 0 Å². The van der Waals surface area contributed by atoms with Gasteiger partial charge in [-0.3, -0.25) is 13.8 Å². The highest BCUT2D eigenvalue weighted by Crippen LogP contribution is 2.40. The Kier molecular flexibility index (Phi) is 6.06. The van der Waals surface area contributed by atoms with Crippen molar-refractivity contribution in [3.05, 3.63) is 121 Å². The Morgan fingerprint density at radius 1 is 0.532 bits per heavy atom. The Morgan fingerprint density at radius 3 is 1.85 bits per heavy atom. The third-order valence-electron chi connectivity index (χ3n) is 9.35. The van der Waals surface area contributed by atoms with Gasteiger partial charge in [-0.2, -0.15) is 0 Å². The fraction of sp³-hybridized carbons (Fsp3) is 0.150. The summed E-state index contributed by atoms with van der Waals surface area (Å²) in [4.78, 5) is 18.6. The predicted octanol–water partition coefficient (Wildman–Crippen LogP) is 10.1. The van der Waals surface area contributed by atoms with Crippen molar-refractivity contribution in [1.29, 1.82) is 0 Å². The zero-order valence-electron chi connectivity index (χ0n) is 26.6. The van der Waals surface area contributed by atoms with Gasteiger partial charge in [-0.05, 0) is 81.9 Å². The van der Waals surface area contributed by atoms with E-state index in [0.29, 0.717) is 11.8 Å². The molecule has 0 saturated heterocycles. The van der Waals surface area contributed by atoms with E-state index < -0.39 is 0 Å². The van der Waals surface area contributed by atoms with E-state index in [-0.39, 0.29) is 0 Å². The van der Waals surface area contributed by atoms with Crippen LogP contribution in [0.3, 0.4) is 0 Å². The van der Waals surface area contributed by atoms with Crippen molar-refractivity contribution in [2.24, 2.45) is 0 Å². The van der Waals surface area contributed by atoms with Gasteiger partial charge in [0.05, 0.1) is 5.52 Å². The molecule has 0 radical (unpaired) electrons. The second kappa shape index (κ2) is 10.4. The largest absolute Gasteiger partial charge is 0.457 e. The maximum Gasteiger partial charge on any atom is 0.165 e. The van der Waals surface area contributed by atoms with E-state index in [4.69, 9.17) is 9.72 Å². The van der Waals surface area contributed by atoms with Crippen molar-refractivity contribution in [3.8, 4) is 22.6 Å².